The first-order valence-corrected chi connectivity index (χ1v) is 9.25. The lowest BCUT2D eigenvalue weighted by Gasteiger charge is -2.34. The molecule has 26 heavy (non-hydrogen) atoms. The van der Waals surface area contributed by atoms with Crippen LogP contribution >= 0.6 is 24.8 Å². The molecule has 0 aliphatic carbocycles. The van der Waals surface area contributed by atoms with E-state index in [0.29, 0.717) is 12.0 Å². The Morgan fingerprint density at radius 3 is 2.58 bits per heavy atom. The van der Waals surface area contributed by atoms with Gasteiger partial charge in [-0.15, -0.1) is 24.8 Å². The summed E-state index contributed by atoms with van der Waals surface area (Å²) in [5.74, 6) is 1.17. The largest absolute Gasteiger partial charge is 0.353 e. The molecule has 8 heteroatoms. The predicted octanol–water partition coefficient (Wildman–Crippen LogP) is 1.80. The summed E-state index contributed by atoms with van der Waals surface area (Å²) in [5, 5.41) is 10.9. The summed E-state index contributed by atoms with van der Waals surface area (Å²) in [5.41, 5.74) is 1.16. The Labute approximate surface area is 169 Å². The van der Waals surface area contributed by atoms with Crippen molar-refractivity contribution in [1.82, 2.24) is 25.3 Å². The van der Waals surface area contributed by atoms with Crippen molar-refractivity contribution >= 4 is 30.7 Å². The van der Waals surface area contributed by atoms with Gasteiger partial charge < -0.3 is 15.5 Å². The highest BCUT2D eigenvalue weighted by Gasteiger charge is 2.35. The predicted molar refractivity (Wildman–Crippen MR) is 109 cm³/mol. The molecule has 0 unspecified atom stereocenters. The zero-order valence-corrected chi connectivity index (χ0v) is 17.6. The molecule has 1 aromatic rings. The minimum Gasteiger partial charge on any atom is -0.353 e. The number of nitrogens with zero attached hydrogens (tertiary/aromatic N) is 3. The summed E-state index contributed by atoms with van der Waals surface area (Å²) in [6.07, 6.45) is 6.05. The van der Waals surface area contributed by atoms with E-state index in [9.17, 15) is 4.79 Å². The average molecular weight is 406 g/mol. The molecule has 6 nitrogen and oxygen atoms in total. The van der Waals surface area contributed by atoms with E-state index in [1.165, 1.54) is 0 Å². The topological polar surface area (TPSA) is 62.2 Å². The highest BCUT2D eigenvalue weighted by Crippen LogP contribution is 2.28. The van der Waals surface area contributed by atoms with E-state index in [-0.39, 0.29) is 42.6 Å². The van der Waals surface area contributed by atoms with Crippen molar-refractivity contribution in [2.24, 2.45) is 18.9 Å². The third-order valence-electron chi connectivity index (χ3n) is 5.26. The summed E-state index contributed by atoms with van der Waals surface area (Å²) >= 11 is 0. The van der Waals surface area contributed by atoms with Gasteiger partial charge >= 0.3 is 0 Å². The first-order valence-electron chi connectivity index (χ1n) is 9.25. The number of rotatable bonds is 5. The Morgan fingerprint density at radius 2 is 2.00 bits per heavy atom. The molecule has 3 heterocycles. The van der Waals surface area contributed by atoms with Crippen molar-refractivity contribution in [1.29, 1.82) is 0 Å². The minimum atomic E-state index is 0. The summed E-state index contributed by atoms with van der Waals surface area (Å²) in [6.45, 7) is 9.50. The number of carbonyl (C=O) groups is 1. The van der Waals surface area contributed by atoms with Crippen molar-refractivity contribution in [3.63, 3.8) is 0 Å². The molecule has 0 aromatic carbocycles. The number of hydrogen-bond donors (Lipinski definition) is 2. The Kier molecular flexibility index (Phi) is 9.38. The fraction of sp³-hybridized carbons (Fsp3) is 0.778. The number of piperidine rings is 1. The SMILES string of the molecule is CC(C)CN1CCC(NC(=O)[C@H]2CNC[C@@H]2c2cnn(C)c2)CC1.Cl.Cl. The average Bonchev–Trinajstić information content (AvgIpc) is 3.17. The Balaban J connectivity index is 0.00000169. The van der Waals surface area contributed by atoms with Gasteiger partial charge in [0.2, 0.25) is 5.91 Å². The monoisotopic (exact) mass is 405 g/mol. The fourth-order valence-corrected chi connectivity index (χ4v) is 4.02. The lowest BCUT2D eigenvalue weighted by atomic mass is 9.89. The van der Waals surface area contributed by atoms with Crippen LogP contribution in [-0.2, 0) is 11.8 Å². The maximum absolute atomic E-state index is 12.8. The van der Waals surface area contributed by atoms with Crippen molar-refractivity contribution in [3.05, 3.63) is 18.0 Å². The number of aryl methyl sites for hydroxylation is 1. The van der Waals surface area contributed by atoms with Crippen LogP contribution in [0.15, 0.2) is 12.4 Å². The van der Waals surface area contributed by atoms with Gasteiger partial charge in [-0.3, -0.25) is 9.48 Å². The van der Waals surface area contributed by atoms with Gasteiger partial charge in [0.05, 0.1) is 12.1 Å². The van der Waals surface area contributed by atoms with Gasteiger partial charge in [-0.25, -0.2) is 0 Å². The molecule has 2 saturated heterocycles. The van der Waals surface area contributed by atoms with Crippen LogP contribution in [0, 0.1) is 11.8 Å². The Hall–Kier alpha value is -0.820. The Morgan fingerprint density at radius 1 is 1.31 bits per heavy atom. The molecule has 2 fully saturated rings. The molecular formula is C18H33Cl2N5O. The van der Waals surface area contributed by atoms with E-state index < -0.39 is 0 Å². The van der Waals surface area contributed by atoms with Crippen molar-refractivity contribution in [3.8, 4) is 0 Å². The molecule has 1 aromatic heterocycles. The van der Waals surface area contributed by atoms with Crippen molar-refractivity contribution in [2.75, 3.05) is 32.7 Å². The van der Waals surface area contributed by atoms with Gasteiger partial charge in [0.25, 0.3) is 0 Å². The summed E-state index contributed by atoms with van der Waals surface area (Å²) in [6, 6.07) is 0.330. The number of nitrogens with one attached hydrogen (secondary N) is 2. The quantitative estimate of drug-likeness (QED) is 0.783. The second kappa shape index (κ2) is 10.5. The summed E-state index contributed by atoms with van der Waals surface area (Å²) in [4.78, 5) is 15.3. The highest BCUT2D eigenvalue weighted by atomic mass is 35.5. The van der Waals surface area contributed by atoms with Crippen LogP contribution in [0.1, 0.15) is 38.2 Å². The lowest BCUT2D eigenvalue weighted by molar-refractivity contribution is -0.125. The minimum absolute atomic E-state index is 0. The maximum atomic E-state index is 12.8. The Bertz CT molecular complexity index is 558. The van der Waals surface area contributed by atoms with Crippen molar-refractivity contribution in [2.45, 2.75) is 38.6 Å². The molecular weight excluding hydrogens is 373 g/mol. The van der Waals surface area contributed by atoms with E-state index in [4.69, 9.17) is 0 Å². The smallest absolute Gasteiger partial charge is 0.225 e. The second-order valence-electron chi connectivity index (χ2n) is 7.80. The number of carbonyl (C=O) groups excluding carboxylic acids is 1. The molecule has 2 N–H and O–H groups in total. The van der Waals surface area contributed by atoms with E-state index >= 15 is 0 Å². The number of amides is 1. The molecule has 2 aliphatic heterocycles. The van der Waals surface area contributed by atoms with Crippen LogP contribution in [0.4, 0.5) is 0 Å². The summed E-state index contributed by atoms with van der Waals surface area (Å²) < 4.78 is 1.81. The first kappa shape index (κ1) is 23.2. The zero-order chi connectivity index (χ0) is 17.1. The van der Waals surface area contributed by atoms with Gasteiger partial charge in [-0.2, -0.15) is 5.10 Å². The normalized spacial score (nSPS) is 24.2. The number of halogens is 2. The van der Waals surface area contributed by atoms with E-state index in [1.54, 1.807) is 0 Å². The molecule has 150 valence electrons. The van der Waals surface area contributed by atoms with Gasteiger partial charge in [0.1, 0.15) is 0 Å². The molecule has 0 spiro atoms. The van der Waals surface area contributed by atoms with E-state index in [2.05, 4.69) is 34.5 Å². The molecule has 0 radical (unpaired) electrons. The van der Waals surface area contributed by atoms with Gasteiger partial charge in [0.15, 0.2) is 0 Å². The molecule has 3 rings (SSSR count). The number of hydrogen-bond acceptors (Lipinski definition) is 4. The van der Waals surface area contributed by atoms with Crippen LogP contribution in [0.5, 0.6) is 0 Å². The molecule has 2 aliphatic rings. The van der Waals surface area contributed by atoms with Crippen LogP contribution in [0.3, 0.4) is 0 Å². The second-order valence-corrected chi connectivity index (χ2v) is 7.80. The third-order valence-corrected chi connectivity index (χ3v) is 5.26. The number of aromatic nitrogens is 2. The standard InChI is InChI=1S/C18H31N5O.2ClH/c1-13(2)11-23-6-4-15(5-7-23)21-18(24)17-10-19-9-16(17)14-8-20-22(3)12-14;;/h8,12-13,15-17,19H,4-7,9-11H2,1-3H3,(H,21,24);2*1H/t16-,17+;;/m1../s1. The molecule has 0 bridgehead atoms. The van der Waals surface area contributed by atoms with Gasteiger partial charge in [-0.05, 0) is 24.3 Å². The van der Waals surface area contributed by atoms with E-state index in [1.807, 2.05) is 24.1 Å². The van der Waals surface area contributed by atoms with Gasteiger partial charge in [-0.1, -0.05) is 13.8 Å². The third kappa shape index (κ3) is 5.84. The highest BCUT2D eigenvalue weighted by molar-refractivity contribution is 5.85. The van der Waals surface area contributed by atoms with E-state index in [0.717, 1.165) is 51.1 Å². The fourth-order valence-electron chi connectivity index (χ4n) is 4.02. The zero-order valence-electron chi connectivity index (χ0n) is 16.0. The van der Waals surface area contributed by atoms with Crippen LogP contribution in [0.2, 0.25) is 0 Å². The molecule has 0 saturated carbocycles. The maximum Gasteiger partial charge on any atom is 0.225 e. The lowest BCUT2D eigenvalue weighted by Crippen LogP contribution is -2.47. The van der Waals surface area contributed by atoms with Crippen molar-refractivity contribution < 1.29 is 4.79 Å². The van der Waals surface area contributed by atoms with Crippen LogP contribution < -0.4 is 10.6 Å². The molecule has 2 atom stereocenters. The molecule has 1 amide bonds. The van der Waals surface area contributed by atoms with Crippen LogP contribution in [-0.4, -0.2) is 59.4 Å². The first-order chi connectivity index (χ1) is 11.5. The van der Waals surface area contributed by atoms with Gasteiger partial charge in [0, 0.05) is 57.9 Å². The van der Waals surface area contributed by atoms with Crippen LogP contribution in [0.25, 0.3) is 0 Å². The summed E-state index contributed by atoms with van der Waals surface area (Å²) in [7, 11) is 1.92. The number of likely N-dealkylation sites (tertiary alicyclic amines) is 1.